The highest BCUT2D eigenvalue weighted by Crippen LogP contribution is 2.17. The van der Waals surface area contributed by atoms with Crippen molar-refractivity contribution >= 4 is 5.69 Å². The minimum atomic E-state index is 0.564. The highest BCUT2D eigenvalue weighted by molar-refractivity contribution is 5.55. The van der Waals surface area contributed by atoms with E-state index in [1.165, 1.54) is 24.8 Å². The minimum Gasteiger partial charge on any atom is -0.383 e. The molecule has 1 aromatic rings. The van der Waals surface area contributed by atoms with Crippen LogP contribution in [0.15, 0.2) is 18.2 Å². The van der Waals surface area contributed by atoms with Crippen LogP contribution in [0.2, 0.25) is 0 Å². The molecule has 2 N–H and O–H groups in total. The number of nitrogens with one attached hydrogen (secondary N) is 2. The van der Waals surface area contributed by atoms with Gasteiger partial charge in [0, 0.05) is 18.3 Å². The van der Waals surface area contributed by atoms with E-state index < -0.39 is 0 Å². The van der Waals surface area contributed by atoms with Gasteiger partial charge in [-0.25, -0.2) is 0 Å². The van der Waals surface area contributed by atoms with Crippen LogP contribution in [0.4, 0.5) is 5.69 Å². The number of hydrogen-bond donors (Lipinski definition) is 2. The zero-order chi connectivity index (χ0) is 12.1. The van der Waals surface area contributed by atoms with Crippen molar-refractivity contribution in [3.05, 3.63) is 29.3 Å². The molecule has 1 aromatic carbocycles. The summed E-state index contributed by atoms with van der Waals surface area (Å²) in [6.07, 6.45) is 3.85. The second-order valence-corrected chi connectivity index (χ2v) is 4.67. The van der Waals surface area contributed by atoms with Crippen LogP contribution in [0.25, 0.3) is 0 Å². The first-order chi connectivity index (χ1) is 8.29. The Kier molecular flexibility index (Phi) is 4.00. The Hall–Kier alpha value is -1.53. The lowest BCUT2D eigenvalue weighted by atomic mass is 10.0. The number of nitrogens with zero attached hydrogens (tertiary/aromatic N) is 1. The molecule has 3 heteroatoms. The zero-order valence-corrected chi connectivity index (χ0v) is 10.3. The molecule has 1 fully saturated rings. The maximum Gasteiger partial charge on any atom is 0.0992 e. The fourth-order valence-corrected chi connectivity index (χ4v) is 2.21. The summed E-state index contributed by atoms with van der Waals surface area (Å²) < 4.78 is 0. The lowest BCUT2D eigenvalue weighted by Gasteiger charge is -2.24. The molecule has 1 heterocycles. The number of anilines is 1. The zero-order valence-electron chi connectivity index (χ0n) is 10.3. The molecule has 1 aliphatic rings. The first-order valence-corrected chi connectivity index (χ1v) is 6.27. The van der Waals surface area contributed by atoms with Crippen molar-refractivity contribution in [2.75, 3.05) is 18.4 Å². The van der Waals surface area contributed by atoms with E-state index in [0.717, 1.165) is 24.3 Å². The van der Waals surface area contributed by atoms with Gasteiger partial charge in [0.1, 0.15) is 0 Å². The van der Waals surface area contributed by atoms with E-state index in [0.29, 0.717) is 6.04 Å². The fourth-order valence-electron chi connectivity index (χ4n) is 2.21. The third-order valence-corrected chi connectivity index (χ3v) is 3.32. The van der Waals surface area contributed by atoms with Gasteiger partial charge in [0.05, 0.1) is 11.6 Å². The average molecular weight is 229 g/mol. The maximum atomic E-state index is 8.88. The lowest BCUT2D eigenvalue weighted by molar-refractivity contribution is 0.414. The molecule has 1 saturated heterocycles. The Balaban J connectivity index is 1.95. The van der Waals surface area contributed by atoms with Crippen LogP contribution in [0.5, 0.6) is 0 Å². The Bertz CT molecular complexity index is 414. The molecular formula is C14H19N3. The molecule has 1 aliphatic heterocycles. The molecule has 0 radical (unpaired) electrons. The number of benzene rings is 1. The van der Waals surface area contributed by atoms with Crippen LogP contribution in [-0.2, 0) is 0 Å². The summed E-state index contributed by atoms with van der Waals surface area (Å²) in [6.45, 7) is 4.14. The third kappa shape index (κ3) is 3.21. The Labute approximate surface area is 103 Å². The molecule has 0 aromatic heterocycles. The first-order valence-electron chi connectivity index (χ1n) is 6.27. The molecule has 0 saturated carbocycles. The SMILES string of the molecule is Cc1ccc(C#N)cc1NCC1CCCCN1. The lowest BCUT2D eigenvalue weighted by Crippen LogP contribution is -2.39. The van der Waals surface area contributed by atoms with Gasteiger partial charge in [-0.05, 0) is 44.0 Å². The second kappa shape index (κ2) is 5.70. The predicted molar refractivity (Wildman–Crippen MR) is 70.0 cm³/mol. The molecule has 1 atom stereocenters. The van der Waals surface area contributed by atoms with Gasteiger partial charge in [-0.1, -0.05) is 12.5 Å². The van der Waals surface area contributed by atoms with Crippen molar-refractivity contribution in [2.24, 2.45) is 0 Å². The standard InChI is InChI=1S/C14H19N3/c1-11-5-6-12(9-15)8-14(11)17-10-13-4-2-3-7-16-13/h5-6,8,13,16-17H,2-4,7,10H2,1H3. The summed E-state index contributed by atoms with van der Waals surface area (Å²) >= 11 is 0. The van der Waals surface area contributed by atoms with Gasteiger partial charge in [-0.2, -0.15) is 5.26 Å². The summed E-state index contributed by atoms with van der Waals surface area (Å²) in [5, 5.41) is 15.8. The molecule has 0 aliphatic carbocycles. The molecule has 90 valence electrons. The van der Waals surface area contributed by atoms with Crippen LogP contribution in [0.3, 0.4) is 0 Å². The van der Waals surface area contributed by atoms with Gasteiger partial charge in [-0.15, -0.1) is 0 Å². The number of hydrogen-bond acceptors (Lipinski definition) is 3. The quantitative estimate of drug-likeness (QED) is 0.836. The van der Waals surface area contributed by atoms with Gasteiger partial charge in [-0.3, -0.25) is 0 Å². The van der Waals surface area contributed by atoms with Gasteiger partial charge >= 0.3 is 0 Å². The monoisotopic (exact) mass is 229 g/mol. The molecular weight excluding hydrogens is 210 g/mol. The van der Waals surface area contributed by atoms with Gasteiger partial charge in [0.2, 0.25) is 0 Å². The average Bonchev–Trinajstić information content (AvgIpc) is 2.39. The van der Waals surface area contributed by atoms with Crippen molar-refractivity contribution in [3.63, 3.8) is 0 Å². The number of rotatable bonds is 3. The number of aryl methyl sites for hydroxylation is 1. The maximum absolute atomic E-state index is 8.88. The van der Waals surface area contributed by atoms with Gasteiger partial charge in [0.25, 0.3) is 0 Å². The van der Waals surface area contributed by atoms with Crippen molar-refractivity contribution in [1.82, 2.24) is 5.32 Å². The van der Waals surface area contributed by atoms with Crippen LogP contribution < -0.4 is 10.6 Å². The summed E-state index contributed by atoms with van der Waals surface area (Å²) in [5.74, 6) is 0. The van der Waals surface area contributed by atoms with E-state index in [4.69, 9.17) is 5.26 Å². The van der Waals surface area contributed by atoms with E-state index in [1.807, 2.05) is 18.2 Å². The van der Waals surface area contributed by atoms with Gasteiger partial charge < -0.3 is 10.6 Å². The van der Waals surface area contributed by atoms with Crippen molar-refractivity contribution in [3.8, 4) is 6.07 Å². The normalized spacial score (nSPS) is 19.6. The number of piperidine rings is 1. The highest BCUT2D eigenvalue weighted by atomic mass is 15.0. The van der Waals surface area contributed by atoms with Crippen LogP contribution in [0, 0.1) is 18.3 Å². The van der Waals surface area contributed by atoms with E-state index in [1.54, 1.807) is 0 Å². The Morgan fingerprint density at radius 1 is 1.47 bits per heavy atom. The summed E-state index contributed by atoms with van der Waals surface area (Å²) in [5.41, 5.74) is 2.99. The molecule has 17 heavy (non-hydrogen) atoms. The van der Waals surface area contributed by atoms with E-state index in [9.17, 15) is 0 Å². The molecule has 2 rings (SSSR count). The van der Waals surface area contributed by atoms with Crippen LogP contribution in [0.1, 0.15) is 30.4 Å². The van der Waals surface area contributed by atoms with Crippen molar-refractivity contribution in [1.29, 1.82) is 5.26 Å². The van der Waals surface area contributed by atoms with E-state index in [2.05, 4.69) is 23.6 Å². The Morgan fingerprint density at radius 2 is 2.35 bits per heavy atom. The van der Waals surface area contributed by atoms with Crippen molar-refractivity contribution in [2.45, 2.75) is 32.2 Å². The molecule has 3 nitrogen and oxygen atoms in total. The predicted octanol–water partition coefficient (Wildman–Crippen LogP) is 2.42. The molecule has 1 unspecified atom stereocenters. The van der Waals surface area contributed by atoms with Gasteiger partial charge in [0.15, 0.2) is 0 Å². The van der Waals surface area contributed by atoms with E-state index >= 15 is 0 Å². The smallest absolute Gasteiger partial charge is 0.0992 e. The van der Waals surface area contributed by atoms with E-state index in [-0.39, 0.29) is 0 Å². The van der Waals surface area contributed by atoms with Crippen LogP contribution >= 0.6 is 0 Å². The van der Waals surface area contributed by atoms with Crippen LogP contribution in [-0.4, -0.2) is 19.1 Å². The number of nitriles is 1. The third-order valence-electron chi connectivity index (χ3n) is 3.32. The topological polar surface area (TPSA) is 47.9 Å². The fraction of sp³-hybridized carbons (Fsp3) is 0.500. The van der Waals surface area contributed by atoms with Crippen molar-refractivity contribution < 1.29 is 0 Å². The second-order valence-electron chi connectivity index (χ2n) is 4.67. The minimum absolute atomic E-state index is 0.564. The highest BCUT2D eigenvalue weighted by Gasteiger charge is 2.12. The largest absolute Gasteiger partial charge is 0.383 e. The Morgan fingerprint density at radius 3 is 3.06 bits per heavy atom. The molecule has 0 spiro atoms. The summed E-state index contributed by atoms with van der Waals surface area (Å²) in [6, 6.07) is 8.53. The first kappa shape index (κ1) is 11.9. The molecule has 0 bridgehead atoms. The summed E-state index contributed by atoms with van der Waals surface area (Å²) in [4.78, 5) is 0. The molecule has 0 amide bonds. The summed E-state index contributed by atoms with van der Waals surface area (Å²) in [7, 11) is 0.